The number of carbonyl (C=O) groups is 1. The van der Waals surface area contributed by atoms with Gasteiger partial charge in [-0.2, -0.15) is 0 Å². The van der Waals surface area contributed by atoms with E-state index in [0.717, 1.165) is 5.56 Å². The van der Waals surface area contributed by atoms with E-state index in [-0.39, 0.29) is 12.0 Å². The molecule has 17 heavy (non-hydrogen) atoms. The molecule has 0 saturated heterocycles. The average Bonchev–Trinajstić information content (AvgIpc) is 2.28. The van der Waals surface area contributed by atoms with Gasteiger partial charge in [0.15, 0.2) is 0 Å². The van der Waals surface area contributed by atoms with Crippen molar-refractivity contribution in [3.63, 3.8) is 0 Å². The van der Waals surface area contributed by atoms with Gasteiger partial charge in [-0.15, -0.1) is 0 Å². The van der Waals surface area contributed by atoms with Gasteiger partial charge in [0.2, 0.25) is 5.56 Å². The highest BCUT2D eigenvalue weighted by atomic mass is 16.4. The third-order valence-corrected chi connectivity index (χ3v) is 2.34. The Bertz CT molecular complexity index is 587. The predicted molar refractivity (Wildman–Crippen MR) is 63.8 cm³/mol. The molecule has 0 aliphatic carbocycles. The summed E-state index contributed by atoms with van der Waals surface area (Å²) in [7, 11) is 0. The second kappa shape index (κ2) is 4.65. The minimum Gasteiger partial charge on any atom is -0.481 e. The van der Waals surface area contributed by atoms with Crippen LogP contribution in [0.1, 0.15) is 5.56 Å². The molecule has 86 valence electrons. The smallest absolute Gasteiger partial charge is 0.307 e. The number of H-pyrrole nitrogens is 1. The van der Waals surface area contributed by atoms with Gasteiger partial charge in [-0.05, 0) is 17.2 Å². The number of hydrogen-bond acceptors (Lipinski definition) is 2. The van der Waals surface area contributed by atoms with E-state index in [1.54, 1.807) is 6.07 Å². The van der Waals surface area contributed by atoms with Crippen molar-refractivity contribution >= 4 is 5.97 Å². The second-order valence-electron chi connectivity index (χ2n) is 3.70. The zero-order valence-electron chi connectivity index (χ0n) is 9.01. The lowest BCUT2D eigenvalue weighted by Gasteiger charge is -2.03. The van der Waals surface area contributed by atoms with Crippen molar-refractivity contribution in [2.45, 2.75) is 6.42 Å². The largest absolute Gasteiger partial charge is 0.481 e. The average molecular weight is 229 g/mol. The fourth-order valence-electron chi connectivity index (χ4n) is 1.65. The molecule has 1 heterocycles. The van der Waals surface area contributed by atoms with Gasteiger partial charge in [-0.1, -0.05) is 30.3 Å². The van der Waals surface area contributed by atoms with Gasteiger partial charge < -0.3 is 10.1 Å². The molecule has 1 aromatic carbocycles. The van der Waals surface area contributed by atoms with Gasteiger partial charge in [0.1, 0.15) is 0 Å². The third-order valence-electron chi connectivity index (χ3n) is 2.34. The van der Waals surface area contributed by atoms with E-state index in [0.29, 0.717) is 11.3 Å². The standard InChI is InChI=1S/C13H11NO3/c15-12-7-9(8-13(16)17)6-11(14-12)10-4-2-1-3-5-10/h1-7H,8H2,(H,14,15)(H,16,17). The van der Waals surface area contributed by atoms with E-state index in [1.165, 1.54) is 6.07 Å². The van der Waals surface area contributed by atoms with Crippen molar-refractivity contribution in [2.24, 2.45) is 0 Å². The van der Waals surface area contributed by atoms with E-state index in [4.69, 9.17) is 5.11 Å². The molecule has 0 unspecified atom stereocenters. The van der Waals surface area contributed by atoms with Gasteiger partial charge >= 0.3 is 5.97 Å². The molecule has 2 rings (SSSR count). The van der Waals surface area contributed by atoms with Crippen LogP contribution in [-0.2, 0) is 11.2 Å². The lowest BCUT2D eigenvalue weighted by Crippen LogP contribution is -2.10. The molecule has 2 aromatic rings. The molecule has 0 fully saturated rings. The first kappa shape index (κ1) is 11.1. The predicted octanol–water partition coefficient (Wildman–Crippen LogP) is 1.67. The maximum absolute atomic E-state index is 11.4. The fraction of sp³-hybridized carbons (Fsp3) is 0.0769. The van der Waals surface area contributed by atoms with Crippen LogP contribution in [0.4, 0.5) is 0 Å². The van der Waals surface area contributed by atoms with Gasteiger partial charge in [0.25, 0.3) is 0 Å². The van der Waals surface area contributed by atoms with E-state index in [9.17, 15) is 9.59 Å². The molecule has 0 spiro atoms. The Morgan fingerprint density at radius 3 is 2.53 bits per heavy atom. The summed E-state index contributed by atoms with van der Waals surface area (Å²) in [6.45, 7) is 0. The van der Waals surface area contributed by atoms with Gasteiger partial charge in [0.05, 0.1) is 6.42 Å². The highest BCUT2D eigenvalue weighted by Gasteiger charge is 2.05. The maximum atomic E-state index is 11.4. The number of hydrogen-bond donors (Lipinski definition) is 2. The van der Waals surface area contributed by atoms with Crippen molar-refractivity contribution in [2.75, 3.05) is 0 Å². The lowest BCUT2D eigenvalue weighted by molar-refractivity contribution is -0.136. The highest BCUT2D eigenvalue weighted by Crippen LogP contribution is 2.16. The van der Waals surface area contributed by atoms with Crippen molar-refractivity contribution in [1.29, 1.82) is 0 Å². The van der Waals surface area contributed by atoms with E-state index in [2.05, 4.69) is 4.98 Å². The van der Waals surface area contributed by atoms with Crippen molar-refractivity contribution < 1.29 is 9.90 Å². The first-order valence-corrected chi connectivity index (χ1v) is 5.15. The number of benzene rings is 1. The monoisotopic (exact) mass is 229 g/mol. The maximum Gasteiger partial charge on any atom is 0.307 e. The van der Waals surface area contributed by atoms with Crippen LogP contribution < -0.4 is 5.56 Å². The van der Waals surface area contributed by atoms with Crippen molar-refractivity contribution in [3.05, 3.63) is 58.4 Å². The van der Waals surface area contributed by atoms with Gasteiger partial charge in [-0.25, -0.2) is 0 Å². The second-order valence-corrected chi connectivity index (χ2v) is 3.70. The van der Waals surface area contributed by atoms with E-state index in [1.807, 2.05) is 30.3 Å². The normalized spacial score (nSPS) is 10.1. The molecule has 0 amide bonds. The molecular weight excluding hydrogens is 218 g/mol. The molecule has 0 bridgehead atoms. The van der Waals surface area contributed by atoms with Crippen LogP contribution in [0, 0.1) is 0 Å². The Morgan fingerprint density at radius 2 is 1.88 bits per heavy atom. The first-order valence-electron chi connectivity index (χ1n) is 5.15. The minimum atomic E-state index is -0.949. The van der Waals surface area contributed by atoms with Crippen LogP contribution >= 0.6 is 0 Å². The van der Waals surface area contributed by atoms with Crippen LogP contribution in [0.15, 0.2) is 47.3 Å². The molecule has 0 aliphatic rings. The van der Waals surface area contributed by atoms with Crippen molar-refractivity contribution in [3.8, 4) is 11.3 Å². The zero-order valence-corrected chi connectivity index (χ0v) is 9.01. The summed E-state index contributed by atoms with van der Waals surface area (Å²) in [5, 5.41) is 8.71. The number of rotatable bonds is 3. The number of carboxylic acids is 1. The van der Waals surface area contributed by atoms with E-state index >= 15 is 0 Å². The number of pyridine rings is 1. The summed E-state index contributed by atoms with van der Waals surface area (Å²) in [4.78, 5) is 24.7. The Labute approximate surface area is 97.6 Å². The SMILES string of the molecule is O=C(O)Cc1cc(-c2ccccc2)[nH]c(=O)c1. The first-order chi connectivity index (χ1) is 8.15. The fourth-order valence-corrected chi connectivity index (χ4v) is 1.65. The molecule has 0 radical (unpaired) electrons. The summed E-state index contributed by atoms with van der Waals surface area (Å²) in [5.41, 5.74) is 1.70. The van der Waals surface area contributed by atoms with Gasteiger partial charge in [0, 0.05) is 11.8 Å². The van der Waals surface area contributed by atoms with Crippen LogP contribution in [0.5, 0.6) is 0 Å². The number of carboxylic acid groups (broad SMARTS) is 1. The zero-order chi connectivity index (χ0) is 12.3. The van der Waals surface area contributed by atoms with Crippen LogP contribution in [-0.4, -0.2) is 16.1 Å². The molecule has 2 N–H and O–H groups in total. The Morgan fingerprint density at radius 1 is 1.18 bits per heavy atom. The molecule has 4 nitrogen and oxygen atoms in total. The summed E-state index contributed by atoms with van der Waals surface area (Å²) < 4.78 is 0. The lowest BCUT2D eigenvalue weighted by atomic mass is 10.1. The summed E-state index contributed by atoms with van der Waals surface area (Å²) in [6.07, 6.45) is -0.149. The molecular formula is C13H11NO3. The summed E-state index contributed by atoms with van der Waals surface area (Å²) in [6, 6.07) is 12.3. The number of aromatic nitrogens is 1. The molecule has 1 aromatic heterocycles. The van der Waals surface area contributed by atoms with Crippen LogP contribution in [0.25, 0.3) is 11.3 Å². The van der Waals surface area contributed by atoms with Crippen LogP contribution in [0.2, 0.25) is 0 Å². The highest BCUT2D eigenvalue weighted by molar-refractivity contribution is 5.71. The topological polar surface area (TPSA) is 70.2 Å². The van der Waals surface area contributed by atoms with Crippen LogP contribution in [0.3, 0.4) is 0 Å². The van der Waals surface area contributed by atoms with E-state index < -0.39 is 5.97 Å². The molecule has 0 saturated carbocycles. The van der Waals surface area contributed by atoms with Gasteiger partial charge in [-0.3, -0.25) is 9.59 Å². The Balaban J connectivity index is 2.45. The Hall–Kier alpha value is -2.36. The summed E-state index contributed by atoms with van der Waals surface area (Å²) in [5.74, 6) is -0.949. The minimum absolute atomic E-state index is 0.149. The molecule has 0 aliphatic heterocycles. The molecule has 4 heteroatoms. The molecule has 0 atom stereocenters. The van der Waals surface area contributed by atoms with Crippen molar-refractivity contribution in [1.82, 2.24) is 4.98 Å². The third kappa shape index (κ3) is 2.81. The number of aromatic amines is 1. The Kier molecular flexibility index (Phi) is 3.05. The number of aliphatic carboxylic acids is 1. The quantitative estimate of drug-likeness (QED) is 0.841. The summed E-state index contributed by atoms with van der Waals surface area (Å²) >= 11 is 0. The number of nitrogens with one attached hydrogen (secondary N) is 1.